The Kier molecular flexibility index (Phi) is 5.24. The summed E-state index contributed by atoms with van der Waals surface area (Å²) in [4.78, 5) is 0. The lowest BCUT2D eigenvalue weighted by Gasteiger charge is -2.60. The Morgan fingerprint density at radius 2 is 0.824 bits per heavy atom. The van der Waals surface area contributed by atoms with Crippen LogP contribution < -0.4 is 10.0 Å². The molecule has 6 aliphatic rings. The summed E-state index contributed by atoms with van der Waals surface area (Å²) < 4.78 is 0. The minimum absolute atomic E-state index is 0.124. The molecule has 0 unspecified atom stereocenters. The van der Waals surface area contributed by atoms with Gasteiger partial charge >= 0.3 is 0 Å². The molecule has 0 radical (unpaired) electrons. The van der Waals surface area contributed by atoms with Crippen molar-refractivity contribution in [2.45, 2.75) is 128 Å². The number of fused-ring (bicyclic) bond motifs is 7. The fourth-order valence-corrected chi connectivity index (χ4v) is 7.84. The van der Waals surface area contributed by atoms with Crippen molar-refractivity contribution in [2.75, 3.05) is 10.0 Å². The summed E-state index contributed by atoms with van der Waals surface area (Å²) in [6.45, 7) is 14.4. The first-order valence-corrected chi connectivity index (χ1v) is 13.8. The van der Waals surface area contributed by atoms with E-state index < -0.39 is 0 Å². The number of hydrogen-bond donors (Lipinski definition) is 0. The normalized spacial score (nSPS) is 30.5. The molecule has 4 aliphatic heterocycles. The van der Waals surface area contributed by atoms with E-state index in [1.165, 1.54) is 73.5 Å². The molecule has 2 aromatic carbocycles. The number of benzene rings is 2. The zero-order chi connectivity index (χ0) is 23.8. The van der Waals surface area contributed by atoms with E-state index in [0.717, 1.165) is 0 Å². The Balaban J connectivity index is 1.49. The van der Waals surface area contributed by atoms with Gasteiger partial charge in [0, 0.05) is 46.0 Å². The van der Waals surface area contributed by atoms with Gasteiger partial charge in [0.2, 0.25) is 0 Å². The summed E-state index contributed by atoms with van der Waals surface area (Å²) in [5.74, 6) is 0. The van der Waals surface area contributed by atoms with E-state index >= 15 is 0 Å². The molecule has 4 nitrogen and oxygen atoms in total. The van der Waals surface area contributed by atoms with Crippen molar-refractivity contribution in [2.24, 2.45) is 0 Å². The Hall–Kier alpha value is -1.78. The lowest BCUT2D eigenvalue weighted by molar-refractivity contribution is -0.0144. The van der Waals surface area contributed by atoms with E-state index in [2.05, 4.69) is 98.0 Å². The van der Waals surface area contributed by atoms with Gasteiger partial charge < -0.3 is 10.0 Å². The lowest BCUT2D eigenvalue weighted by Crippen LogP contribution is -2.67. The van der Waals surface area contributed by atoms with Gasteiger partial charge in [0.1, 0.15) is 0 Å². The van der Waals surface area contributed by atoms with Crippen LogP contribution in [0, 0.1) is 0 Å². The molecule has 2 aliphatic carbocycles. The SMILES string of the molecule is CC(C)(C)N1C2CCC(CC2)N1c1cccc2c(N3C4CCC(CC4)N3C(C)(C)C)cccc12. The first-order chi connectivity index (χ1) is 16.1. The standard InChI is InChI=1S/C30H44N4/c1-29(2,3)33-23-17-13-21(14-18-23)31(33)27-11-7-10-26-25(27)9-8-12-28(26)32-22-15-19-24(20-16-22)34(32)30(4,5)6/h7-12,21-24H,13-20H2,1-6H3. The maximum Gasteiger partial charge on any atom is 0.0604 e. The van der Waals surface area contributed by atoms with Crippen molar-refractivity contribution in [1.82, 2.24) is 10.0 Å². The number of anilines is 2. The van der Waals surface area contributed by atoms with Crippen molar-refractivity contribution >= 4 is 22.1 Å². The zero-order valence-electron chi connectivity index (χ0n) is 22.2. The minimum atomic E-state index is 0.124. The second-order valence-corrected chi connectivity index (χ2v) is 13.3. The predicted octanol–water partition coefficient (Wildman–Crippen LogP) is 7.13. The molecule has 0 spiro atoms. The fourth-order valence-electron chi connectivity index (χ4n) is 7.84. The smallest absolute Gasteiger partial charge is 0.0604 e. The van der Waals surface area contributed by atoms with Gasteiger partial charge in [0.05, 0.1) is 11.4 Å². The highest BCUT2D eigenvalue weighted by Crippen LogP contribution is 2.47. The monoisotopic (exact) mass is 460 g/mol. The summed E-state index contributed by atoms with van der Waals surface area (Å²) >= 11 is 0. The average Bonchev–Trinajstić information content (AvgIpc) is 2.82. The molecule has 0 aromatic heterocycles. The van der Waals surface area contributed by atoms with Gasteiger partial charge in [-0.25, -0.2) is 10.0 Å². The second-order valence-electron chi connectivity index (χ2n) is 13.3. The highest BCUT2D eigenvalue weighted by Gasteiger charge is 2.47. The van der Waals surface area contributed by atoms with Crippen LogP contribution in [0.15, 0.2) is 36.4 Å². The molecule has 0 atom stereocenters. The van der Waals surface area contributed by atoms with Crippen LogP contribution in [0.1, 0.15) is 92.9 Å². The predicted molar refractivity (Wildman–Crippen MR) is 144 cm³/mol. The average molecular weight is 461 g/mol. The van der Waals surface area contributed by atoms with Crippen LogP contribution in [-0.4, -0.2) is 45.3 Å². The third kappa shape index (κ3) is 3.47. The van der Waals surface area contributed by atoms with Crippen LogP contribution >= 0.6 is 0 Å². The Bertz CT molecular complexity index is 962. The number of nitrogens with zero attached hydrogens (tertiary/aromatic N) is 4. The van der Waals surface area contributed by atoms with Gasteiger partial charge in [-0.1, -0.05) is 24.3 Å². The van der Waals surface area contributed by atoms with Crippen LogP contribution in [-0.2, 0) is 0 Å². The molecule has 2 saturated carbocycles. The van der Waals surface area contributed by atoms with Gasteiger partial charge in [-0.05, 0) is 105 Å². The molecule has 2 aromatic rings. The molecule has 34 heavy (non-hydrogen) atoms. The first kappa shape index (κ1) is 22.7. The quantitative estimate of drug-likeness (QED) is 0.472. The summed E-state index contributed by atoms with van der Waals surface area (Å²) in [7, 11) is 0. The Morgan fingerprint density at radius 1 is 0.500 bits per heavy atom. The van der Waals surface area contributed by atoms with Gasteiger partial charge in [-0.3, -0.25) is 0 Å². The van der Waals surface area contributed by atoms with Crippen molar-refractivity contribution < 1.29 is 0 Å². The maximum absolute atomic E-state index is 2.73. The van der Waals surface area contributed by atoms with Crippen molar-refractivity contribution in [3.8, 4) is 0 Å². The van der Waals surface area contributed by atoms with E-state index in [1.54, 1.807) is 0 Å². The first-order valence-electron chi connectivity index (χ1n) is 13.8. The van der Waals surface area contributed by atoms with Crippen molar-refractivity contribution in [1.29, 1.82) is 0 Å². The summed E-state index contributed by atoms with van der Waals surface area (Å²) in [6.07, 6.45) is 10.6. The number of hydrazine groups is 2. The largest absolute Gasteiger partial charge is 0.301 e. The van der Waals surface area contributed by atoms with E-state index in [4.69, 9.17) is 0 Å². The van der Waals surface area contributed by atoms with Crippen molar-refractivity contribution in [3.63, 3.8) is 0 Å². The zero-order valence-corrected chi connectivity index (χ0v) is 22.2. The topological polar surface area (TPSA) is 13.0 Å². The molecule has 4 bridgehead atoms. The van der Waals surface area contributed by atoms with Crippen LogP contribution in [0.2, 0.25) is 0 Å². The highest BCUT2D eigenvalue weighted by atomic mass is 15.7. The van der Waals surface area contributed by atoms with E-state index in [0.29, 0.717) is 24.2 Å². The second kappa shape index (κ2) is 7.86. The van der Waals surface area contributed by atoms with E-state index in [9.17, 15) is 0 Å². The van der Waals surface area contributed by atoms with Gasteiger partial charge in [0.15, 0.2) is 0 Å². The van der Waals surface area contributed by atoms with E-state index in [1.807, 2.05) is 0 Å². The molecule has 8 rings (SSSR count). The highest BCUT2D eigenvalue weighted by molar-refractivity contribution is 6.02. The molecule has 6 fully saturated rings. The van der Waals surface area contributed by atoms with Crippen LogP contribution in [0.3, 0.4) is 0 Å². The Labute approximate surface area is 206 Å². The van der Waals surface area contributed by atoms with Crippen molar-refractivity contribution in [3.05, 3.63) is 36.4 Å². The van der Waals surface area contributed by atoms with Crippen LogP contribution in [0.5, 0.6) is 0 Å². The van der Waals surface area contributed by atoms with Crippen LogP contribution in [0.4, 0.5) is 11.4 Å². The fraction of sp³-hybridized carbons (Fsp3) is 0.667. The maximum atomic E-state index is 2.73. The summed E-state index contributed by atoms with van der Waals surface area (Å²) in [5.41, 5.74) is 3.07. The summed E-state index contributed by atoms with van der Waals surface area (Å²) in [6, 6.07) is 16.7. The molecule has 0 N–H and O–H groups in total. The van der Waals surface area contributed by atoms with Gasteiger partial charge in [-0.2, -0.15) is 0 Å². The molecule has 4 saturated heterocycles. The molecule has 0 amide bonds. The van der Waals surface area contributed by atoms with Crippen LogP contribution in [0.25, 0.3) is 10.8 Å². The third-order valence-electron chi connectivity index (χ3n) is 8.92. The molecule has 4 heteroatoms. The third-order valence-corrected chi connectivity index (χ3v) is 8.92. The molecule has 184 valence electrons. The summed E-state index contributed by atoms with van der Waals surface area (Å²) in [5, 5.41) is 13.7. The Morgan fingerprint density at radius 3 is 1.15 bits per heavy atom. The molecule has 4 heterocycles. The molecular weight excluding hydrogens is 416 g/mol. The number of rotatable bonds is 2. The number of hydrogen-bond acceptors (Lipinski definition) is 4. The van der Waals surface area contributed by atoms with Gasteiger partial charge in [-0.15, -0.1) is 0 Å². The minimum Gasteiger partial charge on any atom is -0.301 e. The van der Waals surface area contributed by atoms with Gasteiger partial charge in [0.25, 0.3) is 0 Å². The molecular formula is C30H44N4. The van der Waals surface area contributed by atoms with E-state index in [-0.39, 0.29) is 11.1 Å². The lowest BCUT2D eigenvalue weighted by atomic mass is 9.83.